The van der Waals surface area contributed by atoms with E-state index in [0.29, 0.717) is 80.3 Å². The lowest BCUT2D eigenvalue weighted by Crippen LogP contribution is -2.50. The fourth-order valence-corrected chi connectivity index (χ4v) is 15.9. The van der Waals surface area contributed by atoms with Crippen LogP contribution in [-0.2, 0) is 38.2 Å². The van der Waals surface area contributed by atoms with Crippen LogP contribution in [0.2, 0.25) is 0 Å². The number of nitrogens with one attached hydrogen (secondary N) is 2. The Morgan fingerprint density at radius 1 is 0.745 bits per heavy atom. The highest BCUT2D eigenvalue weighted by molar-refractivity contribution is 7.13. The highest BCUT2D eigenvalue weighted by atomic mass is 32.1. The van der Waals surface area contributed by atoms with Crippen LogP contribution in [0.1, 0.15) is 153 Å². The van der Waals surface area contributed by atoms with E-state index in [1.807, 2.05) is 69.4 Å². The Morgan fingerprint density at radius 2 is 1.31 bits per heavy atom. The minimum Gasteiger partial charge on any atom is -0.496 e. The normalized spacial score (nSPS) is 24.7. The standard InChI is InChI=1S/C39H50N4O6S.C37H46N4O6S/c1-9-12-13-14-17-43(7)37(45)29-19-26(18-28(29)35(44)42-39(21-25(39)10-2)38(46)48-11-3)49-33-20-30(36-41-31(22-50-36)23(4)5)40-34-24(6)32(47-8)16-15-27(33)34;1-7-46-36(44)37-19-23(37)12-10-8-9-11-15-41(5)35(43)27-17-24(16-26(27)33(42)40-37)47-31-18-28(34-39-29(20-48-34)21(2)3)38-32-22(4)30(45-6)14-13-25(31)32/h9-10,15-16,20,22-23,25-26,28-29H,1-2,11-14,17-19,21H2,3-8H3,(H,42,44);10,12-14,18,20-21,23-24,26-27H,7-9,11,15-17,19H2,1-6H3,(H,40,42)/b;12-10-/t25-,26-,28-,29-,39-;23-,24-,26-,27-,37+/m11/s1. The van der Waals surface area contributed by atoms with Crippen LogP contribution in [0.15, 0.2) is 84.6 Å². The van der Waals surface area contributed by atoms with E-state index in [1.165, 1.54) is 11.3 Å². The minimum absolute atomic E-state index is 0.0729. The predicted molar refractivity (Wildman–Crippen MR) is 381 cm³/mol. The molecule has 20 nitrogen and oxygen atoms in total. The zero-order valence-corrected chi connectivity index (χ0v) is 60.5. The molecule has 0 radical (unpaired) electrons. The van der Waals surface area contributed by atoms with Crippen molar-refractivity contribution in [2.75, 3.05) is 54.6 Å². The van der Waals surface area contributed by atoms with Crippen molar-refractivity contribution >= 4 is 80.0 Å². The fourth-order valence-electron chi connectivity index (χ4n) is 14.0. The third-order valence-electron chi connectivity index (χ3n) is 20.0. The maximum absolute atomic E-state index is 14.1. The third kappa shape index (κ3) is 15.5. The van der Waals surface area contributed by atoms with Gasteiger partial charge < -0.3 is 48.9 Å². The molecule has 11 rings (SSSR count). The predicted octanol–water partition coefficient (Wildman–Crippen LogP) is 13.2. The molecule has 4 aromatic heterocycles. The molecule has 0 unspecified atom stereocenters. The molecule has 2 aromatic carbocycles. The summed E-state index contributed by atoms with van der Waals surface area (Å²) in [6.45, 7) is 25.1. The van der Waals surface area contributed by atoms with Gasteiger partial charge in [-0.3, -0.25) is 19.2 Å². The molecule has 98 heavy (non-hydrogen) atoms. The molecule has 2 N–H and O–H groups in total. The first-order valence-electron chi connectivity index (χ1n) is 34.6. The van der Waals surface area contributed by atoms with Crippen LogP contribution in [0.25, 0.3) is 43.2 Å². The second kappa shape index (κ2) is 31.3. The van der Waals surface area contributed by atoms with Crippen LogP contribution >= 0.6 is 22.7 Å². The lowest BCUT2D eigenvalue weighted by Gasteiger charge is -2.26. The molecule has 4 fully saturated rings. The van der Waals surface area contributed by atoms with E-state index in [1.54, 1.807) is 62.3 Å². The zero-order chi connectivity index (χ0) is 70.3. The summed E-state index contributed by atoms with van der Waals surface area (Å²) in [4.78, 5) is 106. The molecule has 4 saturated carbocycles. The number of aromatic nitrogens is 4. The molecule has 6 aromatic rings. The molecule has 10 atom stereocenters. The molecular weight excluding hydrogens is 1280 g/mol. The Balaban J connectivity index is 0.000000213. The van der Waals surface area contributed by atoms with Gasteiger partial charge in [-0.1, -0.05) is 52.0 Å². The number of hydrogen-bond acceptors (Lipinski definition) is 18. The average Bonchev–Trinajstić information content (AvgIpc) is 1.56. The minimum atomic E-state index is -1.16. The van der Waals surface area contributed by atoms with Crippen LogP contribution in [0, 0.1) is 49.4 Å². The number of allylic oxidation sites excluding steroid dienone is 2. The van der Waals surface area contributed by atoms with Crippen molar-refractivity contribution in [1.29, 1.82) is 0 Å². The van der Waals surface area contributed by atoms with Gasteiger partial charge in [0.25, 0.3) is 0 Å². The van der Waals surface area contributed by atoms with Crippen molar-refractivity contribution in [3.8, 4) is 44.4 Å². The van der Waals surface area contributed by atoms with Gasteiger partial charge >= 0.3 is 11.9 Å². The summed E-state index contributed by atoms with van der Waals surface area (Å²) in [6.07, 6.45) is 14.3. The van der Waals surface area contributed by atoms with Crippen molar-refractivity contribution in [2.24, 2.45) is 35.5 Å². The molecule has 22 heteroatoms. The number of fused-ring (bicyclic) bond motifs is 4. The van der Waals surface area contributed by atoms with Gasteiger partial charge in [0.2, 0.25) is 23.6 Å². The van der Waals surface area contributed by atoms with Crippen molar-refractivity contribution in [3.63, 3.8) is 0 Å². The zero-order valence-electron chi connectivity index (χ0n) is 58.8. The number of carbonyl (C=O) groups is 6. The summed E-state index contributed by atoms with van der Waals surface area (Å²) >= 11 is 3.08. The van der Waals surface area contributed by atoms with Crippen molar-refractivity contribution < 1.29 is 57.2 Å². The summed E-state index contributed by atoms with van der Waals surface area (Å²) < 4.78 is 35.6. The number of unbranched alkanes of at least 4 members (excludes halogenated alkanes) is 2. The number of benzene rings is 2. The SMILES string of the molecule is C=CCCCCN(C)C(=O)[C@@H]1C[C@H](Oc2cc(-c3nc(C(C)C)cs3)nc3c(C)c(OC)ccc23)C[C@H]1C(=O)N[C@]1(C(=O)OCC)C[C@H]1C=C.CCOC(=O)[C@]12C[C@H]1/C=C\CCCCN(C)C(=O)[C@@H]1C[C@H](Oc3cc(-c4nc(C(C)C)cs4)nc4c(C)c(OC)ccc34)C[C@H]1C(=O)N2. The van der Waals surface area contributed by atoms with Gasteiger partial charge in [0, 0.05) is 83.8 Å². The molecule has 0 saturated heterocycles. The lowest BCUT2D eigenvalue weighted by molar-refractivity contribution is -0.150. The first kappa shape index (κ1) is 72.5. The smallest absolute Gasteiger partial charge is 0.332 e. The number of methoxy groups -OCH3 is 2. The maximum atomic E-state index is 14.1. The highest BCUT2D eigenvalue weighted by Crippen LogP contribution is 2.50. The average molecular weight is 1380 g/mol. The molecule has 1 aliphatic heterocycles. The van der Waals surface area contributed by atoms with Gasteiger partial charge in [-0.15, -0.1) is 35.8 Å². The maximum Gasteiger partial charge on any atom is 0.332 e. The molecule has 4 aliphatic carbocycles. The number of ether oxygens (including phenoxy) is 6. The number of nitrogens with zero attached hydrogens (tertiary/aromatic N) is 6. The van der Waals surface area contributed by atoms with Gasteiger partial charge in [0.05, 0.1) is 73.5 Å². The van der Waals surface area contributed by atoms with Gasteiger partial charge in [0.1, 0.15) is 67.7 Å². The fraction of sp³-hybridized carbons (Fsp3) is 0.526. The molecule has 0 bridgehead atoms. The number of pyridine rings is 2. The van der Waals surface area contributed by atoms with E-state index in [2.05, 4.69) is 68.3 Å². The lowest BCUT2D eigenvalue weighted by atomic mass is 9.93. The third-order valence-corrected chi connectivity index (χ3v) is 21.8. The molecular formula is C76H96N8O12S2. The Hall–Kier alpha value is -8.24. The van der Waals surface area contributed by atoms with E-state index in [4.69, 9.17) is 48.4 Å². The summed E-state index contributed by atoms with van der Waals surface area (Å²) in [7, 11) is 6.86. The number of aryl methyl sites for hydroxylation is 2. The summed E-state index contributed by atoms with van der Waals surface area (Å²) in [6, 6.07) is 11.5. The second-order valence-electron chi connectivity index (χ2n) is 27.3. The molecule has 524 valence electrons. The van der Waals surface area contributed by atoms with Crippen LogP contribution in [-0.4, -0.2) is 143 Å². The Labute approximate surface area is 583 Å². The largest absolute Gasteiger partial charge is 0.496 e. The topological polar surface area (TPSA) is 240 Å². The second-order valence-corrected chi connectivity index (χ2v) is 29.1. The van der Waals surface area contributed by atoms with Crippen molar-refractivity contribution in [2.45, 2.75) is 168 Å². The van der Waals surface area contributed by atoms with Crippen LogP contribution in [0.3, 0.4) is 0 Å². The van der Waals surface area contributed by atoms with Gasteiger partial charge in [-0.05, 0) is 141 Å². The summed E-state index contributed by atoms with van der Waals surface area (Å²) in [5, 5.41) is 13.4. The molecule has 0 spiro atoms. The van der Waals surface area contributed by atoms with Crippen molar-refractivity contribution in [1.82, 2.24) is 40.4 Å². The van der Waals surface area contributed by atoms with E-state index in [-0.39, 0.29) is 60.5 Å². The van der Waals surface area contributed by atoms with Gasteiger partial charge in [-0.25, -0.2) is 29.5 Å². The number of carbonyl (C=O) groups excluding carboxylic acids is 6. The van der Waals surface area contributed by atoms with Gasteiger partial charge in [0.15, 0.2) is 0 Å². The number of thiazole rings is 2. The van der Waals surface area contributed by atoms with Crippen LogP contribution in [0.4, 0.5) is 0 Å². The highest BCUT2D eigenvalue weighted by Gasteiger charge is 2.63. The van der Waals surface area contributed by atoms with Crippen molar-refractivity contribution in [3.05, 3.63) is 107 Å². The Bertz CT molecular complexity index is 3990. The Kier molecular flexibility index (Phi) is 23.2. The monoisotopic (exact) mass is 1380 g/mol. The van der Waals surface area contributed by atoms with E-state index >= 15 is 0 Å². The quantitative estimate of drug-likeness (QED) is 0.0344. The number of amides is 4. The molecule has 5 aliphatic rings. The first-order valence-corrected chi connectivity index (χ1v) is 36.4. The number of esters is 2. The summed E-state index contributed by atoms with van der Waals surface area (Å²) in [5.74, 6) is -1.47. The van der Waals surface area contributed by atoms with Crippen LogP contribution in [0.5, 0.6) is 23.0 Å². The van der Waals surface area contributed by atoms with E-state index < -0.39 is 58.9 Å². The first-order chi connectivity index (χ1) is 47.0. The van der Waals surface area contributed by atoms with Gasteiger partial charge in [-0.2, -0.15) is 0 Å². The van der Waals surface area contributed by atoms with Crippen LogP contribution < -0.4 is 29.6 Å². The number of rotatable bonds is 23. The number of hydrogen-bond donors (Lipinski definition) is 2. The molecule has 5 heterocycles. The van der Waals surface area contributed by atoms with E-state index in [0.717, 1.165) is 98.6 Å². The summed E-state index contributed by atoms with van der Waals surface area (Å²) in [5.41, 5.74) is 4.35. The van der Waals surface area contributed by atoms with E-state index in [9.17, 15) is 28.8 Å². The Morgan fingerprint density at radius 3 is 1.84 bits per heavy atom. The molecule has 4 amide bonds.